The molecule has 258 valence electrons. The molecule has 2 nitrogen and oxygen atoms in total. The molecule has 0 radical (unpaired) electrons. The second-order valence-corrected chi connectivity index (χ2v) is 11.4. The first kappa shape index (κ1) is 37.0. The van der Waals surface area contributed by atoms with Crippen molar-refractivity contribution in [1.82, 2.24) is 0 Å². The normalized spacial score (nSPS) is 11.9. The minimum Gasteiger partial charge on any atom is -0.578 e. The third-order valence-corrected chi connectivity index (χ3v) is 8.46. The van der Waals surface area contributed by atoms with Crippen LogP contribution >= 0.6 is 11.8 Å². The molecule has 0 saturated heterocycles. The fourth-order valence-corrected chi connectivity index (χ4v) is 6.03. The summed E-state index contributed by atoms with van der Waals surface area (Å²) in [4.78, 5) is 0. The molecule has 0 amide bonds. The third-order valence-electron chi connectivity index (χ3n) is 7.53. The van der Waals surface area contributed by atoms with Crippen molar-refractivity contribution in [3.63, 3.8) is 0 Å². The Hall–Kier alpha value is -3.87. The summed E-state index contributed by atoms with van der Waals surface area (Å²) in [5.41, 5.74) is -6.87. The predicted molar refractivity (Wildman–Crippen MR) is 143 cm³/mol. The van der Waals surface area contributed by atoms with Gasteiger partial charge in [-0.1, -0.05) is 16.4 Å². The minimum atomic E-state index is -6.01. The SMILES string of the molecule is Cc1cccc(C)[n+]1CCSCCO[B-](c1c(F)c(F)c(F)c(F)c1F)(c1c(F)c(F)c(F)c(F)c1F)c1c(F)c(F)c(F)c(F)c1F. The van der Waals surface area contributed by atoms with Crippen LogP contribution in [0.4, 0.5) is 65.9 Å². The second-order valence-electron chi connectivity index (χ2n) is 10.2. The van der Waals surface area contributed by atoms with E-state index in [4.69, 9.17) is 4.65 Å². The number of benzene rings is 3. The summed E-state index contributed by atoms with van der Waals surface area (Å²) in [5, 5.41) is 0. The van der Waals surface area contributed by atoms with Crippen molar-refractivity contribution in [2.24, 2.45) is 0 Å². The third kappa shape index (κ3) is 5.88. The average molecular weight is 723 g/mol. The Morgan fingerprint density at radius 1 is 0.479 bits per heavy atom. The summed E-state index contributed by atoms with van der Waals surface area (Å²) in [5.74, 6) is -46.6. The van der Waals surface area contributed by atoms with E-state index in [0.717, 1.165) is 23.1 Å². The van der Waals surface area contributed by atoms with Crippen LogP contribution in [0, 0.1) is 101 Å². The molecule has 0 aliphatic carbocycles. The van der Waals surface area contributed by atoms with Crippen molar-refractivity contribution >= 4 is 34.5 Å². The molecule has 0 bridgehead atoms. The van der Waals surface area contributed by atoms with Crippen molar-refractivity contribution < 1.29 is 75.1 Å². The molecule has 0 aliphatic rings. The zero-order valence-electron chi connectivity index (χ0n) is 24.1. The Morgan fingerprint density at radius 3 is 1.08 bits per heavy atom. The van der Waals surface area contributed by atoms with Crippen LogP contribution in [0.3, 0.4) is 0 Å². The van der Waals surface area contributed by atoms with Gasteiger partial charge in [0.1, 0.15) is 34.9 Å². The van der Waals surface area contributed by atoms with E-state index < -0.39 is 122 Å². The lowest BCUT2D eigenvalue weighted by molar-refractivity contribution is -0.704. The summed E-state index contributed by atoms with van der Waals surface area (Å²) >= 11 is 0.820. The van der Waals surface area contributed by atoms with Gasteiger partial charge in [-0.15, -0.1) is 0 Å². The number of halogens is 15. The van der Waals surface area contributed by atoms with Gasteiger partial charge in [-0.2, -0.15) is 16.3 Å². The number of pyridine rings is 1. The van der Waals surface area contributed by atoms with Crippen molar-refractivity contribution in [1.29, 1.82) is 0 Å². The smallest absolute Gasteiger partial charge is 0.216 e. The molecule has 0 atom stereocenters. The van der Waals surface area contributed by atoms with E-state index in [1.807, 2.05) is 0 Å². The lowest BCUT2D eigenvalue weighted by Crippen LogP contribution is -2.75. The fraction of sp³-hybridized carbons (Fsp3) is 0.207. The molecule has 0 aliphatic heterocycles. The van der Waals surface area contributed by atoms with E-state index in [9.17, 15) is 39.5 Å². The number of hydrogen-bond acceptors (Lipinski definition) is 2. The van der Waals surface area contributed by atoms with Gasteiger partial charge in [0.2, 0.25) is 6.35 Å². The maximum Gasteiger partial charge on any atom is 0.216 e. The lowest BCUT2D eigenvalue weighted by Gasteiger charge is -2.44. The lowest BCUT2D eigenvalue weighted by atomic mass is 9.27. The van der Waals surface area contributed by atoms with Crippen LogP contribution in [0.15, 0.2) is 18.2 Å². The summed E-state index contributed by atoms with van der Waals surface area (Å²) in [6.45, 7) is 2.36. The molecule has 4 rings (SSSR count). The van der Waals surface area contributed by atoms with Crippen LogP contribution in [0.25, 0.3) is 0 Å². The van der Waals surface area contributed by atoms with E-state index in [2.05, 4.69) is 0 Å². The maximum atomic E-state index is 15.4. The molecule has 0 saturated carbocycles. The van der Waals surface area contributed by atoms with E-state index in [0.29, 0.717) is 0 Å². The van der Waals surface area contributed by atoms with Gasteiger partial charge in [-0.25, -0.2) is 65.9 Å². The highest BCUT2D eigenvalue weighted by Gasteiger charge is 2.49. The van der Waals surface area contributed by atoms with Gasteiger partial charge < -0.3 is 4.65 Å². The van der Waals surface area contributed by atoms with Crippen LogP contribution in [0.5, 0.6) is 0 Å². The first-order valence-electron chi connectivity index (χ1n) is 13.3. The van der Waals surface area contributed by atoms with Gasteiger partial charge >= 0.3 is 0 Å². The minimum absolute atomic E-state index is 0.104. The van der Waals surface area contributed by atoms with E-state index in [1.54, 1.807) is 36.6 Å². The van der Waals surface area contributed by atoms with Crippen LogP contribution in [-0.4, -0.2) is 24.5 Å². The van der Waals surface area contributed by atoms with E-state index in [1.165, 1.54) is 0 Å². The first-order valence-corrected chi connectivity index (χ1v) is 14.5. The van der Waals surface area contributed by atoms with Gasteiger partial charge in [0, 0.05) is 38.3 Å². The van der Waals surface area contributed by atoms with Crippen LogP contribution in [0.1, 0.15) is 11.4 Å². The van der Waals surface area contributed by atoms with Crippen molar-refractivity contribution in [2.45, 2.75) is 20.4 Å². The van der Waals surface area contributed by atoms with Gasteiger partial charge in [0.05, 0.1) is 5.75 Å². The molecular formula is C29H17BF15NOS. The second kappa shape index (κ2) is 13.9. The van der Waals surface area contributed by atoms with Gasteiger partial charge in [-0.3, -0.25) is 0 Å². The molecule has 3 aromatic carbocycles. The van der Waals surface area contributed by atoms with Crippen molar-refractivity contribution in [3.05, 3.63) is 117 Å². The molecule has 4 aromatic rings. The Balaban J connectivity index is 2.05. The summed E-state index contributed by atoms with van der Waals surface area (Å²) in [6, 6.07) is 5.20. The average Bonchev–Trinajstić information content (AvgIpc) is 3.05. The number of nitrogens with zero attached hydrogens (tertiary/aromatic N) is 1. The number of aromatic nitrogens is 1. The Kier molecular flexibility index (Phi) is 10.7. The molecule has 0 spiro atoms. The topological polar surface area (TPSA) is 13.1 Å². The number of thioether (sulfide) groups is 1. The Bertz CT molecular complexity index is 1670. The molecule has 1 heterocycles. The largest absolute Gasteiger partial charge is 0.578 e. The Morgan fingerprint density at radius 2 is 0.771 bits per heavy atom. The summed E-state index contributed by atoms with van der Waals surface area (Å²) in [6.07, 6.45) is -6.01. The number of aryl methyl sites for hydroxylation is 2. The zero-order chi connectivity index (χ0) is 36.0. The molecule has 0 N–H and O–H groups in total. The predicted octanol–water partition coefficient (Wildman–Crippen LogP) is 6.09. The fourth-order valence-electron chi connectivity index (χ4n) is 5.30. The molecule has 19 heteroatoms. The summed E-state index contributed by atoms with van der Waals surface area (Å²) < 4.78 is 229. The molecule has 48 heavy (non-hydrogen) atoms. The van der Waals surface area contributed by atoms with Crippen LogP contribution in [-0.2, 0) is 11.2 Å². The number of rotatable bonds is 10. The highest BCUT2D eigenvalue weighted by molar-refractivity contribution is 7.99. The van der Waals surface area contributed by atoms with Crippen molar-refractivity contribution in [2.75, 3.05) is 18.1 Å². The highest BCUT2D eigenvalue weighted by Crippen LogP contribution is 2.28. The van der Waals surface area contributed by atoms with Crippen LogP contribution in [0.2, 0.25) is 0 Å². The van der Waals surface area contributed by atoms with E-state index in [-0.39, 0.29) is 12.3 Å². The van der Waals surface area contributed by atoms with Crippen LogP contribution < -0.4 is 21.0 Å². The maximum absolute atomic E-state index is 15.4. The van der Waals surface area contributed by atoms with Gasteiger partial charge in [0.15, 0.2) is 70.3 Å². The van der Waals surface area contributed by atoms with E-state index >= 15 is 26.3 Å². The Labute approximate surface area is 265 Å². The summed E-state index contributed by atoms with van der Waals surface area (Å²) in [7, 11) is 0. The van der Waals surface area contributed by atoms with Gasteiger partial charge in [0.25, 0.3) is 0 Å². The molecule has 0 fully saturated rings. The molecule has 0 unspecified atom stereocenters. The monoisotopic (exact) mass is 723 g/mol. The van der Waals surface area contributed by atoms with Gasteiger partial charge in [-0.05, 0) is 6.07 Å². The molecule has 1 aromatic heterocycles. The number of hydrogen-bond donors (Lipinski definition) is 0. The quantitative estimate of drug-likeness (QED) is 0.0491. The molecular weight excluding hydrogens is 706 g/mol. The zero-order valence-corrected chi connectivity index (χ0v) is 24.9. The van der Waals surface area contributed by atoms with Crippen molar-refractivity contribution in [3.8, 4) is 0 Å². The highest BCUT2D eigenvalue weighted by atomic mass is 32.2. The first-order chi connectivity index (χ1) is 22.4. The standard InChI is InChI=1S/C29H17BF15NOS/c1-10-4-3-5-11(2)46(10)6-8-48-9-7-47-30(12-15(31)21(37)27(43)22(38)16(12)32,13-17(33)23(39)28(44)24(40)18(13)34)14-19(35)25(41)29(45)26(42)20(14)36/h3-5H,6-9H2,1-2H3.